The first-order valence-corrected chi connectivity index (χ1v) is 6.53. The molecule has 1 atom stereocenters. The molecule has 0 aromatic carbocycles. The van der Waals surface area contributed by atoms with Gasteiger partial charge in [0.1, 0.15) is 25.2 Å². The summed E-state index contributed by atoms with van der Waals surface area (Å²) < 4.78 is 12.3. The van der Waals surface area contributed by atoms with Crippen LogP contribution in [0.25, 0.3) is 0 Å². The van der Waals surface area contributed by atoms with Gasteiger partial charge in [0.2, 0.25) is 11.2 Å². The highest BCUT2D eigenvalue weighted by molar-refractivity contribution is 5.17. The number of nitrogens with zero attached hydrogens (tertiary/aromatic N) is 2. The molecule has 0 bridgehead atoms. The summed E-state index contributed by atoms with van der Waals surface area (Å²) in [6.45, 7) is 4.07. The lowest BCUT2D eigenvalue weighted by Crippen LogP contribution is -2.09. The van der Waals surface area contributed by atoms with Gasteiger partial charge in [-0.1, -0.05) is 6.92 Å². The van der Waals surface area contributed by atoms with Gasteiger partial charge in [-0.3, -0.25) is 9.48 Å². The molecule has 2 aromatic heterocycles. The molecule has 6 nitrogen and oxygen atoms in total. The summed E-state index contributed by atoms with van der Waals surface area (Å²) in [7, 11) is 0. The number of aromatic nitrogens is 2. The summed E-state index contributed by atoms with van der Waals surface area (Å²) in [5, 5.41) is 13.2. The molecule has 1 unspecified atom stereocenters. The first kappa shape index (κ1) is 14.3. The summed E-state index contributed by atoms with van der Waals surface area (Å²) in [5.74, 6) is 0.323. The van der Waals surface area contributed by atoms with Gasteiger partial charge in [-0.2, -0.15) is 5.10 Å². The third-order valence-corrected chi connectivity index (χ3v) is 3.09. The molecule has 0 aliphatic carbocycles. The normalized spacial score (nSPS) is 12.3. The number of ether oxygens (including phenoxy) is 1. The number of hydrogen-bond donors (Lipinski definition) is 1. The van der Waals surface area contributed by atoms with Crippen molar-refractivity contribution < 1.29 is 14.3 Å². The Balaban J connectivity index is 2.02. The van der Waals surface area contributed by atoms with Crippen LogP contribution in [-0.4, -0.2) is 14.9 Å². The van der Waals surface area contributed by atoms with Gasteiger partial charge in [-0.15, -0.1) is 0 Å². The smallest absolute Gasteiger partial charge is 0.227 e. The van der Waals surface area contributed by atoms with Gasteiger partial charge in [0.05, 0.1) is 5.69 Å². The predicted octanol–water partition coefficient (Wildman–Crippen LogP) is 1.88. The lowest BCUT2D eigenvalue weighted by molar-refractivity contribution is 0.235. The van der Waals surface area contributed by atoms with E-state index in [0.717, 1.165) is 12.1 Å². The minimum atomic E-state index is -0.318. The Morgan fingerprint density at radius 2 is 2.35 bits per heavy atom. The summed E-state index contributed by atoms with van der Waals surface area (Å²) in [6.07, 6.45) is 4.10. The van der Waals surface area contributed by atoms with Crippen molar-refractivity contribution in [3.05, 3.63) is 46.3 Å². The molecular weight excluding hydrogens is 260 g/mol. The maximum Gasteiger partial charge on any atom is 0.227 e. The van der Waals surface area contributed by atoms with Gasteiger partial charge in [0.25, 0.3) is 0 Å². The Labute approximate surface area is 116 Å². The largest absolute Gasteiger partial charge is 0.480 e. The van der Waals surface area contributed by atoms with E-state index >= 15 is 0 Å². The minimum absolute atomic E-state index is 0.111. The minimum Gasteiger partial charge on any atom is -0.480 e. The zero-order chi connectivity index (χ0) is 14.5. The molecule has 0 aliphatic heterocycles. The van der Waals surface area contributed by atoms with Crippen molar-refractivity contribution in [2.75, 3.05) is 0 Å². The lowest BCUT2D eigenvalue weighted by atomic mass is 10.3. The van der Waals surface area contributed by atoms with Crippen LogP contribution in [0.1, 0.15) is 37.8 Å². The van der Waals surface area contributed by atoms with Gasteiger partial charge in [0, 0.05) is 18.3 Å². The summed E-state index contributed by atoms with van der Waals surface area (Å²) in [5.41, 5.74) is 0.428. The van der Waals surface area contributed by atoms with E-state index in [0.29, 0.717) is 6.04 Å². The Hall–Kier alpha value is -2.08. The average Bonchev–Trinajstić information content (AvgIpc) is 2.94. The molecular formula is C14H18N2O4. The van der Waals surface area contributed by atoms with Crippen LogP contribution in [0.3, 0.4) is 0 Å². The number of aliphatic hydroxyl groups excluding tert-OH is 1. The van der Waals surface area contributed by atoms with E-state index in [1.165, 1.54) is 12.3 Å². The maximum atomic E-state index is 11.7. The molecule has 0 saturated heterocycles. The second-order valence-corrected chi connectivity index (χ2v) is 4.57. The Morgan fingerprint density at radius 1 is 1.55 bits per heavy atom. The van der Waals surface area contributed by atoms with E-state index in [1.54, 1.807) is 0 Å². The fourth-order valence-electron chi connectivity index (χ4n) is 1.67. The van der Waals surface area contributed by atoms with Gasteiger partial charge in [-0.05, 0) is 19.4 Å². The number of rotatable bonds is 6. The number of hydrogen-bond acceptors (Lipinski definition) is 5. The van der Waals surface area contributed by atoms with E-state index in [2.05, 4.69) is 18.9 Å². The van der Waals surface area contributed by atoms with E-state index in [1.807, 2.05) is 16.9 Å². The summed E-state index contributed by atoms with van der Waals surface area (Å²) in [6, 6.07) is 3.40. The molecule has 2 rings (SSSR count). The molecule has 0 spiro atoms. The summed E-state index contributed by atoms with van der Waals surface area (Å²) in [4.78, 5) is 11.7. The highest BCUT2D eigenvalue weighted by Crippen LogP contribution is 2.11. The van der Waals surface area contributed by atoms with E-state index in [-0.39, 0.29) is 30.2 Å². The van der Waals surface area contributed by atoms with Gasteiger partial charge in [0.15, 0.2) is 0 Å². The average molecular weight is 278 g/mol. The van der Waals surface area contributed by atoms with Crippen LogP contribution in [0.5, 0.6) is 5.75 Å². The standard InChI is InChI=1S/C14H18N2O4/c1-3-10(2)16-5-4-11(15-16)8-20-14-9-19-12(7-17)6-13(14)18/h4-6,9-10,17H,3,7-8H2,1-2H3. The highest BCUT2D eigenvalue weighted by atomic mass is 16.5. The Morgan fingerprint density at radius 3 is 3.00 bits per heavy atom. The first-order valence-electron chi connectivity index (χ1n) is 6.53. The predicted molar refractivity (Wildman–Crippen MR) is 72.5 cm³/mol. The van der Waals surface area contributed by atoms with Crippen molar-refractivity contribution in [2.45, 2.75) is 39.5 Å². The zero-order valence-electron chi connectivity index (χ0n) is 11.6. The van der Waals surface area contributed by atoms with Crippen molar-refractivity contribution in [1.82, 2.24) is 9.78 Å². The van der Waals surface area contributed by atoms with Crippen LogP contribution in [-0.2, 0) is 13.2 Å². The molecule has 20 heavy (non-hydrogen) atoms. The molecule has 2 aromatic rings. The second-order valence-electron chi connectivity index (χ2n) is 4.57. The third kappa shape index (κ3) is 3.27. The van der Waals surface area contributed by atoms with Crippen LogP contribution in [0.2, 0.25) is 0 Å². The number of aliphatic hydroxyl groups is 1. The fraction of sp³-hybridized carbons (Fsp3) is 0.429. The molecule has 0 aliphatic rings. The van der Waals surface area contributed by atoms with Crippen LogP contribution in [0.15, 0.2) is 33.8 Å². The van der Waals surface area contributed by atoms with Crippen molar-refractivity contribution in [2.24, 2.45) is 0 Å². The Bertz CT molecular complexity index is 618. The van der Waals surface area contributed by atoms with Gasteiger partial charge in [-0.25, -0.2) is 0 Å². The van der Waals surface area contributed by atoms with Crippen molar-refractivity contribution >= 4 is 0 Å². The SMILES string of the molecule is CCC(C)n1ccc(COc2coc(CO)cc2=O)n1. The molecule has 6 heteroatoms. The Kier molecular flexibility index (Phi) is 4.57. The van der Waals surface area contributed by atoms with Gasteiger partial charge < -0.3 is 14.3 Å². The van der Waals surface area contributed by atoms with E-state index < -0.39 is 0 Å². The maximum absolute atomic E-state index is 11.7. The topological polar surface area (TPSA) is 77.5 Å². The van der Waals surface area contributed by atoms with Crippen molar-refractivity contribution in [3.8, 4) is 5.75 Å². The third-order valence-electron chi connectivity index (χ3n) is 3.09. The zero-order valence-corrected chi connectivity index (χ0v) is 11.6. The van der Waals surface area contributed by atoms with E-state index in [4.69, 9.17) is 14.3 Å². The fourth-order valence-corrected chi connectivity index (χ4v) is 1.67. The van der Waals surface area contributed by atoms with Crippen LogP contribution in [0, 0.1) is 0 Å². The second kappa shape index (κ2) is 6.38. The highest BCUT2D eigenvalue weighted by Gasteiger charge is 2.08. The van der Waals surface area contributed by atoms with Crippen molar-refractivity contribution in [3.63, 3.8) is 0 Å². The van der Waals surface area contributed by atoms with Gasteiger partial charge >= 0.3 is 0 Å². The monoisotopic (exact) mass is 278 g/mol. The van der Waals surface area contributed by atoms with Crippen LogP contribution in [0.4, 0.5) is 0 Å². The first-order chi connectivity index (χ1) is 9.63. The molecule has 0 fully saturated rings. The molecule has 2 heterocycles. The van der Waals surface area contributed by atoms with E-state index in [9.17, 15) is 4.79 Å². The molecule has 0 amide bonds. The molecule has 1 N–H and O–H groups in total. The quantitative estimate of drug-likeness (QED) is 0.873. The molecule has 0 saturated carbocycles. The van der Waals surface area contributed by atoms with Crippen LogP contribution < -0.4 is 10.2 Å². The summed E-state index contributed by atoms with van der Waals surface area (Å²) >= 11 is 0. The molecule has 108 valence electrons. The van der Waals surface area contributed by atoms with Crippen molar-refractivity contribution in [1.29, 1.82) is 0 Å². The van der Waals surface area contributed by atoms with Crippen LogP contribution >= 0.6 is 0 Å². The molecule has 0 radical (unpaired) electrons. The lowest BCUT2D eigenvalue weighted by Gasteiger charge is -2.08.